The molecule has 2 N–H and O–H groups in total. The lowest BCUT2D eigenvalue weighted by molar-refractivity contribution is 0.629. The van der Waals surface area contributed by atoms with Crippen molar-refractivity contribution in [3.05, 3.63) is 34.4 Å². The molecule has 1 aliphatic rings. The Morgan fingerprint density at radius 1 is 1.07 bits per heavy atom. The van der Waals surface area contributed by atoms with Crippen molar-refractivity contribution in [2.75, 3.05) is 0 Å². The molecule has 0 spiro atoms. The summed E-state index contributed by atoms with van der Waals surface area (Å²) in [5.74, 6) is 0.746. The predicted molar refractivity (Wildman–Crippen MR) is 60.3 cm³/mol. The molecule has 0 heterocycles. The van der Waals surface area contributed by atoms with Crippen LogP contribution in [0.4, 0.5) is 0 Å². The Morgan fingerprint density at radius 3 is 2.21 bits per heavy atom. The molecule has 0 aliphatic heterocycles. The normalized spacial score (nSPS) is 18.3. The van der Waals surface area contributed by atoms with Crippen molar-refractivity contribution in [3.8, 4) is 0 Å². The van der Waals surface area contributed by atoms with E-state index < -0.39 is 0 Å². The molecule has 14 heavy (non-hydrogen) atoms. The van der Waals surface area contributed by atoms with Gasteiger partial charge in [0.2, 0.25) is 0 Å². The molecule has 0 aromatic heterocycles. The van der Waals surface area contributed by atoms with Gasteiger partial charge in [0.05, 0.1) is 0 Å². The van der Waals surface area contributed by atoms with Crippen LogP contribution in [0.25, 0.3) is 0 Å². The van der Waals surface area contributed by atoms with Crippen molar-refractivity contribution < 1.29 is 0 Å². The van der Waals surface area contributed by atoms with Crippen LogP contribution in [-0.4, -0.2) is 0 Å². The van der Waals surface area contributed by atoms with Gasteiger partial charge < -0.3 is 5.73 Å². The molecule has 0 amide bonds. The monoisotopic (exact) mass is 189 g/mol. The second-order valence-corrected chi connectivity index (χ2v) is 4.66. The molecule has 1 aromatic rings. The fourth-order valence-electron chi connectivity index (χ4n) is 2.05. The Labute approximate surface area is 86.3 Å². The fourth-order valence-corrected chi connectivity index (χ4v) is 2.05. The topological polar surface area (TPSA) is 26.0 Å². The number of aryl methyl sites for hydroxylation is 3. The Hall–Kier alpha value is -0.820. The van der Waals surface area contributed by atoms with Gasteiger partial charge in [0, 0.05) is 6.04 Å². The summed E-state index contributed by atoms with van der Waals surface area (Å²) in [7, 11) is 0. The van der Waals surface area contributed by atoms with Crippen LogP contribution in [0, 0.1) is 26.7 Å². The van der Waals surface area contributed by atoms with E-state index in [0.717, 1.165) is 5.92 Å². The lowest BCUT2D eigenvalue weighted by Crippen LogP contribution is -2.14. The van der Waals surface area contributed by atoms with Gasteiger partial charge in [-0.1, -0.05) is 12.1 Å². The van der Waals surface area contributed by atoms with Crippen LogP contribution in [0.5, 0.6) is 0 Å². The number of hydrogen-bond donors (Lipinski definition) is 1. The van der Waals surface area contributed by atoms with Crippen molar-refractivity contribution in [2.24, 2.45) is 11.7 Å². The smallest absolute Gasteiger partial charge is 0.0326 e. The first-order valence-electron chi connectivity index (χ1n) is 5.43. The first-order chi connectivity index (χ1) is 6.59. The molecule has 1 aromatic carbocycles. The number of benzene rings is 1. The summed E-state index contributed by atoms with van der Waals surface area (Å²) >= 11 is 0. The van der Waals surface area contributed by atoms with E-state index in [0.29, 0.717) is 0 Å². The first-order valence-corrected chi connectivity index (χ1v) is 5.43. The van der Waals surface area contributed by atoms with Crippen molar-refractivity contribution in [3.63, 3.8) is 0 Å². The van der Waals surface area contributed by atoms with Crippen LogP contribution >= 0.6 is 0 Å². The molecule has 76 valence electrons. The summed E-state index contributed by atoms with van der Waals surface area (Å²) in [5.41, 5.74) is 11.7. The van der Waals surface area contributed by atoms with E-state index in [1.54, 1.807) is 0 Å². The molecule has 0 radical (unpaired) electrons. The zero-order valence-electron chi connectivity index (χ0n) is 9.30. The van der Waals surface area contributed by atoms with Crippen LogP contribution in [-0.2, 0) is 0 Å². The van der Waals surface area contributed by atoms with Crippen LogP contribution in [0.3, 0.4) is 0 Å². The number of rotatable bonds is 2. The Balaban J connectivity index is 2.36. The minimum atomic E-state index is 0.272. The highest BCUT2D eigenvalue weighted by Gasteiger charge is 2.30. The summed E-state index contributed by atoms with van der Waals surface area (Å²) in [5, 5.41) is 0. The second kappa shape index (κ2) is 3.39. The van der Waals surface area contributed by atoms with E-state index in [4.69, 9.17) is 5.73 Å². The SMILES string of the molecule is Cc1cc(C)c(C(N)C2CC2)cc1C. The maximum Gasteiger partial charge on any atom is 0.0326 e. The van der Waals surface area contributed by atoms with Gasteiger partial charge in [-0.25, -0.2) is 0 Å². The molecule has 1 heteroatoms. The quantitative estimate of drug-likeness (QED) is 0.760. The Morgan fingerprint density at radius 2 is 1.64 bits per heavy atom. The minimum Gasteiger partial charge on any atom is -0.324 e. The highest BCUT2D eigenvalue weighted by molar-refractivity contribution is 5.38. The van der Waals surface area contributed by atoms with Gasteiger partial charge in [-0.2, -0.15) is 0 Å². The van der Waals surface area contributed by atoms with Crippen LogP contribution in [0.2, 0.25) is 0 Å². The first kappa shape index (κ1) is 9.72. The average molecular weight is 189 g/mol. The van der Waals surface area contributed by atoms with E-state index in [1.807, 2.05) is 0 Å². The lowest BCUT2D eigenvalue weighted by Gasteiger charge is -2.16. The van der Waals surface area contributed by atoms with E-state index in [2.05, 4.69) is 32.9 Å². The molecule has 1 aliphatic carbocycles. The van der Waals surface area contributed by atoms with Crippen molar-refractivity contribution >= 4 is 0 Å². The molecule has 1 nitrogen and oxygen atoms in total. The molecule has 2 rings (SSSR count). The summed E-state index contributed by atoms with van der Waals surface area (Å²) < 4.78 is 0. The Kier molecular flexibility index (Phi) is 2.36. The molecule has 1 fully saturated rings. The third-order valence-electron chi connectivity index (χ3n) is 3.37. The van der Waals surface area contributed by atoms with Gasteiger partial charge in [-0.3, -0.25) is 0 Å². The van der Waals surface area contributed by atoms with E-state index >= 15 is 0 Å². The third-order valence-corrected chi connectivity index (χ3v) is 3.37. The molecule has 1 unspecified atom stereocenters. The summed E-state index contributed by atoms with van der Waals surface area (Å²) in [4.78, 5) is 0. The van der Waals surface area contributed by atoms with Crippen LogP contribution in [0.1, 0.15) is 41.1 Å². The van der Waals surface area contributed by atoms with E-state index in [1.165, 1.54) is 35.1 Å². The highest BCUT2D eigenvalue weighted by atomic mass is 14.7. The zero-order chi connectivity index (χ0) is 10.3. The molecule has 0 bridgehead atoms. The van der Waals surface area contributed by atoms with Crippen molar-refractivity contribution in [2.45, 2.75) is 39.7 Å². The van der Waals surface area contributed by atoms with Gasteiger partial charge in [-0.05, 0) is 61.8 Å². The molecule has 1 atom stereocenters. The van der Waals surface area contributed by atoms with Gasteiger partial charge in [0.25, 0.3) is 0 Å². The summed E-state index contributed by atoms with van der Waals surface area (Å²) in [6.45, 7) is 6.50. The van der Waals surface area contributed by atoms with Crippen molar-refractivity contribution in [1.82, 2.24) is 0 Å². The van der Waals surface area contributed by atoms with Crippen LogP contribution < -0.4 is 5.73 Å². The third kappa shape index (κ3) is 1.69. The number of nitrogens with two attached hydrogens (primary N) is 1. The van der Waals surface area contributed by atoms with E-state index in [-0.39, 0.29) is 6.04 Å². The molecular weight excluding hydrogens is 170 g/mol. The molecule has 0 saturated heterocycles. The predicted octanol–water partition coefficient (Wildman–Crippen LogP) is 3.02. The average Bonchev–Trinajstić information content (AvgIpc) is 2.93. The van der Waals surface area contributed by atoms with Gasteiger partial charge in [0.1, 0.15) is 0 Å². The number of hydrogen-bond acceptors (Lipinski definition) is 1. The standard InChI is InChI=1S/C13H19N/c1-8-6-10(3)12(7-9(8)2)13(14)11-4-5-11/h6-7,11,13H,4-5,14H2,1-3H3. The summed E-state index contributed by atoms with van der Waals surface area (Å²) in [6.07, 6.45) is 2.63. The van der Waals surface area contributed by atoms with Crippen molar-refractivity contribution in [1.29, 1.82) is 0 Å². The van der Waals surface area contributed by atoms with E-state index in [9.17, 15) is 0 Å². The Bertz CT molecular complexity index is 350. The maximum absolute atomic E-state index is 6.22. The summed E-state index contributed by atoms with van der Waals surface area (Å²) in [6, 6.07) is 4.80. The second-order valence-electron chi connectivity index (χ2n) is 4.66. The van der Waals surface area contributed by atoms with Gasteiger partial charge in [0.15, 0.2) is 0 Å². The van der Waals surface area contributed by atoms with Crippen LogP contribution in [0.15, 0.2) is 12.1 Å². The zero-order valence-corrected chi connectivity index (χ0v) is 9.30. The minimum absolute atomic E-state index is 0.272. The van der Waals surface area contributed by atoms with Gasteiger partial charge in [-0.15, -0.1) is 0 Å². The van der Waals surface area contributed by atoms with Gasteiger partial charge >= 0.3 is 0 Å². The molecule has 1 saturated carbocycles. The fraction of sp³-hybridized carbons (Fsp3) is 0.538. The molecular formula is C13H19N. The maximum atomic E-state index is 6.22. The highest BCUT2D eigenvalue weighted by Crippen LogP contribution is 2.40. The lowest BCUT2D eigenvalue weighted by atomic mass is 9.94. The largest absolute Gasteiger partial charge is 0.324 e.